The third kappa shape index (κ3) is 51.3. The van der Waals surface area contributed by atoms with Gasteiger partial charge in [0.2, 0.25) is 11.8 Å². The molecule has 18 heavy (non-hydrogen) atoms. The van der Waals surface area contributed by atoms with E-state index in [0.29, 0.717) is 0 Å². The van der Waals surface area contributed by atoms with E-state index in [9.17, 15) is 14.4 Å². The van der Waals surface area contributed by atoms with Crippen molar-refractivity contribution in [2.24, 2.45) is 17.2 Å². The quantitative estimate of drug-likeness (QED) is 0.190. The molecule has 0 atom stereocenters. The van der Waals surface area contributed by atoms with Crippen LogP contribution in [0.3, 0.4) is 0 Å². The number of hydrogen-bond donors (Lipinski definition) is 6. The fourth-order valence-electron chi connectivity index (χ4n) is 0.171. The fourth-order valence-corrected chi connectivity index (χ4v) is 0.171. The zero-order valence-electron chi connectivity index (χ0n) is 9.68. The van der Waals surface area contributed by atoms with Crippen LogP contribution >= 0.6 is 0 Å². The van der Waals surface area contributed by atoms with Crippen molar-refractivity contribution in [3.8, 4) is 0 Å². The van der Waals surface area contributed by atoms with Crippen LogP contribution in [0.15, 0.2) is 25.3 Å². The molecule has 9 N–H and O–H groups in total. The Balaban J connectivity index is -0.000000197. The molecule has 0 aliphatic heterocycles. The Morgan fingerprint density at radius 2 is 1.39 bits per heavy atom. The summed E-state index contributed by atoms with van der Waals surface area (Å²) in [7, 11) is 0. The number of nitrogens with one attached hydrogen (secondary N) is 2. The van der Waals surface area contributed by atoms with Gasteiger partial charge in [0.15, 0.2) is 5.96 Å². The molecule has 0 heterocycles. The van der Waals surface area contributed by atoms with Gasteiger partial charge in [-0.25, -0.2) is 0 Å². The first kappa shape index (κ1) is 20.6. The van der Waals surface area contributed by atoms with Gasteiger partial charge in [-0.1, -0.05) is 13.2 Å². The molecule has 0 spiro atoms. The molecule has 0 saturated heterocycles. The Morgan fingerprint density at radius 3 is 1.44 bits per heavy atom. The number of carbonyl (C=O) groups excluding carboxylic acids is 2. The molecule has 9 heteroatoms. The van der Waals surface area contributed by atoms with Crippen LogP contribution in [0.5, 0.6) is 0 Å². The maximum Gasteiger partial charge on any atom is 0.322 e. The standard InChI is InChI=1S/C3H7N3O2.2C3H5NO/c4-3(5)6-1-2(7)8;2*1-2-3(4)5/h1H2,(H,7,8)(H4,4,5,6);2*2H,1H2,(H2,4,5). The number of carbonyl (C=O) groups is 3. The topological polar surface area (TPSA) is 185 Å². The molecule has 0 bridgehead atoms. The molecular formula is C9H17N5O4. The van der Waals surface area contributed by atoms with Crippen LogP contribution < -0.4 is 22.5 Å². The van der Waals surface area contributed by atoms with Gasteiger partial charge in [-0.3, -0.25) is 19.8 Å². The van der Waals surface area contributed by atoms with Crippen molar-refractivity contribution >= 4 is 23.7 Å². The minimum Gasteiger partial charge on any atom is -0.480 e. The number of rotatable bonds is 4. The van der Waals surface area contributed by atoms with Gasteiger partial charge >= 0.3 is 5.97 Å². The number of primary amides is 2. The number of nitrogens with two attached hydrogens (primary N) is 3. The van der Waals surface area contributed by atoms with E-state index in [1.54, 1.807) is 0 Å². The van der Waals surface area contributed by atoms with E-state index in [1.807, 2.05) is 0 Å². The highest BCUT2D eigenvalue weighted by Gasteiger charge is 1.92. The Bertz CT molecular complexity index is 295. The molecular weight excluding hydrogens is 242 g/mol. The van der Waals surface area contributed by atoms with Gasteiger partial charge < -0.3 is 27.6 Å². The minimum absolute atomic E-state index is 0.296. The number of carboxylic acid groups (broad SMARTS) is 1. The monoisotopic (exact) mass is 259 g/mol. The van der Waals surface area contributed by atoms with Gasteiger partial charge in [0, 0.05) is 0 Å². The van der Waals surface area contributed by atoms with Gasteiger partial charge in [-0.15, -0.1) is 0 Å². The van der Waals surface area contributed by atoms with Gasteiger partial charge in [-0.05, 0) is 12.2 Å². The van der Waals surface area contributed by atoms with Crippen molar-refractivity contribution in [2.45, 2.75) is 0 Å². The highest BCUT2D eigenvalue weighted by Crippen LogP contribution is 1.55. The second kappa shape index (κ2) is 14.2. The first-order chi connectivity index (χ1) is 8.17. The highest BCUT2D eigenvalue weighted by atomic mass is 16.4. The van der Waals surface area contributed by atoms with Crippen LogP contribution in [-0.2, 0) is 14.4 Å². The lowest BCUT2D eigenvalue weighted by Gasteiger charge is -1.95. The molecule has 0 saturated carbocycles. The first-order valence-corrected chi connectivity index (χ1v) is 4.30. The van der Waals surface area contributed by atoms with E-state index in [-0.39, 0.29) is 12.5 Å². The van der Waals surface area contributed by atoms with Crippen LogP contribution in [0, 0.1) is 5.41 Å². The van der Waals surface area contributed by atoms with Gasteiger partial charge in [-0.2, -0.15) is 0 Å². The lowest BCUT2D eigenvalue weighted by Crippen LogP contribution is -2.34. The number of aliphatic carboxylic acids is 1. The van der Waals surface area contributed by atoms with Crippen molar-refractivity contribution in [1.29, 1.82) is 5.41 Å². The second-order valence-corrected chi connectivity index (χ2v) is 2.37. The van der Waals surface area contributed by atoms with Crippen LogP contribution in [0.4, 0.5) is 0 Å². The average molecular weight is 259 g/mol. The molecule has 0 rings (SSSR count). The highest BCUT2D eigenvalue weighted by molar-refractivity contribution is 5.85. The van der Waals surface area contributed by atoms with E-state index in [1.165, 1.54) is 0 Å². The molecule has 0 fully saturated rings. The Labute approximate surface area is 104 Å². The molecule has 0 aliphatic rings. The van der Waals surface area contributed by atoms with E-state index in [2.05, 4.69) is 29.9 Å². The van der Waals surface area contributed by atoms with Crippen molar-refractivity contribution in [3.63, 3.8) is 0 Å². The number of carboxylic acids is 1. The molecule has 102 valence electrons. The lowest BCUT2D eigenvalue weighted by atomic mass is 10.6. The summed E-state index contributed by atoms with van der Waals surface area (Å²) in [5.74, 6) is -2.32. The minimum atomic E-state index is -1.03. The Morgan fingerprint density at radius 1 is 1.11 bits per heavy atom. The largest absolute Gasteiger partial charge is 0.480 e. The summed E-state index contributed by atoms with van der Waals surface area (Å²) in [6.07, 6.45) is 2.11. The maximum atomic E-state index is 9.69. The fraction of sp³-hybridized carbons (Fsp3) is 0.111. The van der Waals surface area contributed by atoms with E-state index < -0.39 is 17.8 Å². The smallest absolute Gasteiger partial charge is 0.322 e. The summed E-state index contributed by atoms with van der Waals surface area (Å²) < 4.78 is 0. The van der Waals surface area contributed by atoms with Gasteiger partial charge in [0.05, 0.1) is 0 Å². The number of amides is 2. The third-order valence-corrected chi connectivity index (χ3v) is 0.832. The van der Waals surface area contributed by atoms with Crippen LogP contribution in [0.2, 0.25) is 0 Å². The van der Waals surface area contributed by atoms with Gasteiger partial charge in [0.1, 0.15) is 6.54 Å². The normalized spacial score (nSPS) is 7.11. The predicted octanol–water partition coefficient (Wildman–Crippen LogP) is -2.13. The molecule has 0 aromatic carbocycles. The average Bonchev–Trinajstić information content (AvgIpc) is 2.27. The lowest BCUT2D eigenvalue weighted by molar-refractivity contribution is -0.135. The molecule has 0 aromatic heterocycles. The second-order valence-electron chi connectivity index (χ2n) is 2.37. The van der Waals surface area contributed by atoms with E-state index >= 15 is 0 Å². The number of hydrogen-bond acceptors (Lipinski definition) is 4. The zero-order chi connectivity index (χ0) is 15.1. The van der Waals surface area contributed by atoms with Gasteiger partial charge in [0.25, 0.3) is 0 Å². The van der Waals surface area contributed by atoms with Crippen molar-refractivity contribution in [1.82, 2.24) is 5.32 Å². The van der Waals surface area contributed by atoms with Crippen molar-refractivity contribution in [2.75, 3.05) is 6.54 Å². The van der Waals surface area contributed by atoms with Crippen LogP contribution in [0.25, 0.3) is 0 Å². The van der Waals surface area contributed by atoms with Crippen LogP contribution in [-0.4, -0.2) is 35.4 Å². The first-order valence-electron chi connectivity index (χ1n) is 4.30. The molecule has 0 aromatic rings. The van der Waals surface area contributed by atoms with Crippen molar-refractivity contribution in [3.05, 3.63) is 25.3 Å². The van der Waals surface area contributed by atoms with E-state index in [0.717, 1.165) is 12.2 Å². The predicted molar refractivity (Wildman–Crippen MR) is 66.3 cm³/mol. The Hall–Kier alpha value is -2.84. The summed E-state index contributed by atoms with van der Waals surface area (Å²) in [5, 5.41) is 16.5. The summed E-state index contributed by atoms with van der Waals surface area (Å²) in [6, 6.07) is 0. The summed E-state index contributed by atoms with van der Waals surface area (Å²) in [6.45, 7) is 5.88. The van der Waals surface area contributed by atoms with Crippen LogP contribution in [0.1, 0.15) is 0 Å². The summed E-state index contributed by atoms with van der Waals surface area (Å²) in [4.78, 5) is 28.6. The molecule has 2 amide bonds. The molecule has 0 radical (unpaired) electrons. The summed E-state index contributed by atoms with van der Waals surface area (Å²) in [5.41, 5.74) is 13.8. The third-order valence-electron chi connectivity index (χ3n) is 0.832. The molecule has 0 aliphatic carbocycles. The molecule has 9 nitrogen and oxygen atoms in total. The van der Waals surface area contributed by atoms with E-state index in [4.69, 9.17) is 16.2 Å². The SMILES string of the molecule is C=CC(N)=O.C=CC(N)=O.N=C(N)NCC(=O)O. The number of guanidine groups is 1. The zero-order valence-corrected chi connectivity index (χ0v) is 9.68. The summed E-state index contributed by atoms with van der Waals surface area (Å²) >= 11 is 0. The maximum absolute atomic E-state index is 9.69. The van der Waals surface area contributed by atoms with Crippen molar-refractivity contribution < 1.29 is 19.5 Å². The molecule has 0 unspecified atom stereocenters. The Kier molecular flexibility index (Phi) is 16.2.